The SMILES string of the molecule is c1ccccc1.c1cnc2c(c1)ccc1cccnc12. The summed E-state index contributed by atoms with van der Waals surface area (Å²) in [6.45, 7) is 0. The summed E-state index contributed by atoms with van der Waals surface area (Å²) in [5, 5.41) is 2.28. The van der Waals surface area contributed by atoms with Crippen molar-refractivity contribution in [2.24, 2.45) is 0 Å². The molecule has 2 nitrogen and oxygen atoms in total. The van der Waals surface area contributed by atoms with Gasteiger partial charge >= 0.3 is 0 Å². The minimum absolute atomic E-state index is 0.977. The lowest BCUT2D eigenvalue weighted by molar-refractivity contribution is 1.37. The van der Waals surface area contributed by atoms with Gasteiger partial charge in [0, 0.05) is 23.2 Å². The molecule has 0 unspecified atom stereocenters. The van der Waals surface area contributed by atoms with E-state index >= 15 is 0 Å². The van der Waals surface area contributed by atoms with E-state index in [1.54, 1.807) is 12.4 Å². The Kier molecular flexibility index (Phi) is 3.65. The van der Waals surface area contributed by atoms with Gasteiger partial charge < -0.3 is 0 Å². The first-order chi connectivity index (χ1) is 9.95. The van der Waals surface area contributed by atoms with Crippen LogP contribution in [-0.2, 0) is 0 Å². The zero-order valence-corrected chi connectivity index (χ0v) is 11.0. The quantitative estimate of drug-likeness (QED) is 0.435. The molecule has 0 amide bonds. The van der Waals surface area contributed by atoms with Crippen LogP contribution in [0.5, 0.6) is 0 Å². The minimum Gasteiger partial charge on any atom is -0.254 e. The molecule has 2 aromatic carbocycles. The molecule has 0 saturated carbocycles. The lowest BCUT2D eigenvalue weighted by Crippen LogP contribution is -1.83. The molecule has 0 aliphatic rings. The van der Waals surface area contributed by atoms with E-state index in [4.69, 9.17) is 0 Å². The van der Waals surface area contributed by atoms with Gasteiger partial charge in [-0.05, 0) is 12.1 Å². The van der Waals surface area contributed by atoms with Gasteiger partial charge in [0.05, 0.1) is 11.0 Å². The molecule has 20 heavy (non-hydrogen) atoms. The number of benzene rings is 2. The van der Waals surface area contributed by atoms with Gasteiger partial charge in [-0.25, -0.2) is 0 Å². The van der Waals surface area contributed by atoms with Crippen LogP contribution in [0.25, 0.3) is 21.8 Å². The molecule has 2 heterocycles. The smallest absolute Gasteiger partial charge is 0.0964 e. The van der Waals surface area contributed by atoms with E-state index in [9.17, 15) is 0 Å². The van der Waals surface area contributed by atoms with Crippen molar-refractivity contribution in [3.8, 4) is 0 Å². The number of fused-ring (bicyclic) bond motifs is 3. The van der Waals surface area contributed by atoms with E-state index < -0.39 is 0 Å². The second kappa shape index (κ2) is 5.93. The Morgan fingerprint density at radius 3 is 1.25 bits per heavy atom. The number of nitrogens with zero attached hydrogens (tertiary/aromatic N) is 2. The maximum Gasteiger partial charge on any atom is 0.0964 e. The topological polar surface area (TPSA) is 25.8 Å². The second-order valence-corrected chi connectivity index (χ2v) is 4.37. The third-order valence-corrected chi connectivity index (χ3v) is 3.01. The Hall–Kier alpha value is -2.74. The number of hydrogen-bond donors (Lipinski definition) is 0. The third kappa shape index (κ3) is 2.64. The highest BCUT2D eigenvalue weighted by molar-refractivity contribution is 6.02. The zero-order valence-electron chi connectivity index (χ0n) is 11.0. The van der Waals surface area contributed by atoms with Crippen molar-refractivity contribution in [1.29, 1.82) is 0 Å². The van der Waals surface area contributed by atoms with Crippen molar-refractivity contribution in [2.75, 3.05) is 0 Å². The summed E-state index contributed by atoms with van der Waals surface area (Å²) in [6.07, 6.45) is 3.60. The Morgan fingerprint density at radius 1 is 0.450 bits per heavy atom. The molecule has 0 atom stereocenters. The first-order valence-corrected chi connectivity index (χ1v) is 6.53. The number of pyridine rings is 2. The van der Waals surface area contributed by atoms with Gasteiger partial charge in [-0.3, -0.25) is 9.97 Å². The molecule has 0 spiro atoms. The van der Waals surface area contributed by atoms with Crippen molar-refractivity contribution in [2.45, 2.75) is 0 Å². The molecule has 0 aliphatic carbocycles. The monoisotopic (exact) mass is 258 g/mol. The Balaban J connectivity index is 0.000000170. The summed E-state index contributed by atoms with van der Waals surface area (Å²) < 4.78 is 0. The van der Waals surface area contributed by atoms with Crippen LogP contribution in [0.2, 0.25) is 0 Å². The van der Waals surface area contributed by atoms with Crippen LogP contribution in [0.15, 0.2) is 85.2 Å². The molecule has 0 N–H and O–H groups in total. The van der Waals surface area contributed by atoms with Crippen LogP contribution < -0.4 is 0 Å². The van der Waals surface area contributed by atoms with E-state index in [0.29, 0.717) is 0 Å². The van der Waals surface area contributed by atoms with Crippen LogP contribution >= 0.6 is 0 Å². The van der Waals surface area contributed by atoms with Crippen molar-refractivity contribution in [3.05, 3.63) is 85.2 Å². The van der Waals surface area contributed by atoms with Crippen molar-refractivity contribution in [1.82, 2.24) is 9.97 Å². The number of rotatable bonds is 0. The van der Waals surface area contributed by atoms with Gasteiger partial charge in [-0.2, -0.15) is 0 Å². The van der Waals surface area contributed by atoms with Gasteiger partial charge in [-0.15, -0.1) is 0 Å². The Bertz CT molecular complexity index is 729. The average Bonchev–Trinajstić information content (AvgIpc) is 2.57. The molecule has 0 radical (unpaired) electrons. The largest absolute Gasteiger partial charge is 0.254 e. The van der Waals surface area contributed by atoms with Gasteiger partial charge in [0.25, 0.3) is 0 Å². The first-order valence-electron chi connectivity index (χ1n) is 6.53. The predicted octanol–water partition coefficient (Wildman–Crippen LogP) is 4.47. The number of aromatic nitrogens is 2. The standard InChI is InChI=1S/C12H8N2.C6H6/c1-3-9-5-6-10-4-2-8-14-12(10)11(9)13-7-1;1-2-4-6-5-3-1/h1-8H;1-6H. The van der Waals surface area contributed by atoms with E-state index in [1.165, 1.54) is 0 Å². The lowest BCUT2D eigenvalue weighted by atomic mass is 10.1. The van der Waals surface area contributed by atoms with E-state index in [1.807, 2.05) is 48.5 Å². The van der Waals surface area contributed by atoms with Gasteiger partial charge in [0.15, 0.2) is 0 Å². The summed E-state index contributed by atoms with van der Waals surface area (Å²) in [5.74, 6) is 0. The van der Waals surface area contributed by atoms with Gasteiger partial charge in [0.2, 0.25) is 0 Å². The van der Waals surface area contributed by atoms with Gasteiger partial charge in [0.1, 0.15) is 0 Å². The van der Waals surface area contributed by atoms with E-state index in [2.05, 4.69) is 34.2 Å². The van der Waals surface area contributed by atoms with Crippen molar-refractivity contribution < 1.29 is 0 Å². The fraction of sp³-hybridized carbons (Fsp3) is 0. The molecular weight excluding hydrogens is 244 g/mol. The summed E-state index contributed by atoms with van der Waals surface area (Å²) in [6, 6.07) is 24.1. The highest BCUT2D eigenvalue weighted by Crippen LogP contribution is 2.20. The maximum absolute atomic E-state index is 4.35. The third-order valence-electron chi connectivity index (χ3n) is 3.01. The Morgan fingerprint density at radius 2 is 0.850 bits per heavy atom. The van der Waals surface area contributed by atoms with Crippen LogP contribution in [-0.4, -0.2) is 9.97 Å². The normalized spacial score (nSPS) is 10.0. The van der Waals surface area contributed by atoms with Crippen molar-refractivity contribution >= 4 is 21.8 Å². The molecule has 0 saturated heterocycles. The van der Waals surface area contributed by atoms with Crippen LogP contribution in [0, 0.1) is 0 Å². The summed E-state index contributed by atoms with van der Waals surface area (Å²) in [5.41, 5.74) is 1.95. The Labute approximate surface area is 117 Å². The molecule has 0 bridgehead atoms. The predicted molar refractivity (Wildman–Crippen MR) is 83.5 cm³/mol. The van der Waals surface area contributed by atoms with Crippen LogP contribution in [0.4, 0.5) is 0 Å². The zero-order chi connectivity index (χ0) is 13.6. The van der Waals surface area contributed by atoms with Crippen LogP contribution in [0.1, 0.15) is 0 Å². The lowest BCUT2D eigenvalue weighted by Gasteiger charge is -2.00. The first kappa shape index (κ1) is 12.3. The fourth-order valence-electron chi connectivity index (χ4n) is 2.06. The molecule has 0 fully saturated rings. The average molecular weight is 258 g/mol. The molecule has 2 heteroatoms. The summed E-state index contributed by atoms with van der Waals surface area (Å²) >= 11 is 0. The molecule has 2 aromatic heterocycles. The highest BCUT2D eigenvalue weighted by atomic mass is 14.7. The van der Waals surface area contributed by atoms with Gasteiger partial charge in [-0.1, -0.05) is 60.7 Å². The van der Waals surface area contributed by atoms with Crippen molar-refractivity contribution in [3.63, 3.8) is 0 Å². The van der Waals surface area contributed by atoms with E-state index in [0.717, 1.165) is 21.8 Å². The maximum atomic E-state index is 4.35. The number of hydrogen-bond acceptors (Lipinski definition) is 2. The molecule has 0 aliphatic heterocycles. The molecule has 4 aromatic rings. The highest BCUT2D eigenvalue weighted by Gasteiger charge is 2.00. The molecule has 96 valence electrons. The minimum atomic E-state index is 0.977. The fourth-order valence-corrected chi connectivity index (χ4v) is 2.06. The molecular formula is C18H14N2. The summed E-state index contributed by atoms with van der Waals surface area (Å²) in [7, 11) is 0. The van der Waals surface area contributed by atoms with Crippen LogP contribution in [0.3, 0.4) is 0 Å². The molecule has 4 rings (SSSR count). The van der Waals surface area contributed by atoms with E-state index in [-0.39, 0.29) is 0 Å². The second-order valence-electron chi connectivity index (χ2n) is 4.37. The summed E-state index contributed by atoms with van der Waals surface area (Å²) in [4.78, 5) is 8.69.